The van der Waals surface area contributed by atoms with E-state index in [1.807, 2.05) is 77.7 Å². The molecule has 3 aliphatic rings. The number of amides is 3. The summed E-state index contributed by atoms with van der Waals surface area (Å²) in [4.78, 5) is 67.8. The zero-order valence-electron chi connectivity index (χ0n) is 32.4. The first kappa shape index (κ1) is 39.4. The molecule has 3 amide bonds. The number of para-hydroxylation sites is 2. The van der Waals surface area contributed by atoms with Gasteiger partial charge in [-0.25, -0.2) is 9.69 Å². The first-order valence-electron chi connectivity index (χ1n) is 19.6. The standard InChI is InChI=1S/C46H44N4O9/c1-56-28-29-58-45(55)49-35-21-10-9-20-34(35)46(44(49)54)37(42(52)48-25-23-32-18-12-13-24-47-32)39-43(53)59-40(31-16-6-3-7-17-31)38(30-14-4-2-5-15-30)50(39)41(46)33-19-8-11-22-36(33)57-27-26-51/h2-22,24,37-41,51H,23,25-29H2,1H3,(H,48,52)/t37-,38-,39-,40+,41+,46-/m1/s1. The normalized spacial score (nSPS) is 23.4. The van der Waals surface area contributed by atoms with Gasteiger partial charge in [0.05, 0.1) is 36.9 Å². The molecule has 6 atom stereocenters. The van der Waals surface area contributed by atoms with Crippen LogP contribution in [0.5, 0.6) is 5.75 Å². The van der Waals surface area contributed by atoms with E-state index >= 15 is 14.4 Å². The fourth-order valence-electron chi connectivity index (χ4n) is 9.05. The Morgan fingerprint density at radius 1 is 0.814 bits per heavy atom. The number of imide groups is 1. The fourth-order valence-corrected chi connectivity index (χ4v) is 9.05. The molecule has 59 heavy (non-hydrogen) atoms. The van der Waals surface area contributed by atoms with Gasteiger partial charge in [0.2, 0.25) is 11.8 Å². The predicted octanol–water partition coefficient (Wildman–Crippen LogP) is 5.26. The molecule has 0 aliphatic carbocycles. The van der Waals surface area contributed by atoms with Gasteiger partial charge in [-0.05, 0) is 41.0 Å². The molecule has 302 valence electrons. The number of pyridine rings is 1. The number of nitrogens with one attached hydrogen (secondary N) is 1. The summed E-state index contributed by atoms with van der Waals surface area (Å²) in [6.07, 6.45) is 0.197. The van der Waals surface area contributed by atoms with Crippen molar-refractivity contribution in [3.63, 3.8) is 0 Å². The van der Waals surface area contributed by atoms with E-state index in [2.05, 4.69) is 10.3 Å². The summed E-state index contributed by atoms with van der Waals surface area (Å²) >= 11 is 0. The second-order valence-electron chi connectivity index (χ2n) is 14.5. The van der Waals surface area contributed by atoms with E-state index in [0.29, 0.717) is 28.9 Å². The minimum absolute atomic E-state index is 0.0725. The highest BCUT2D eigenvalue weighted by Crippen LogP contribution is 2.66. The van der Waals surface area contributed by atoms with E-state index in [0.717, 1.165) is 16.2 Å². The highest BCUT2D eigenvalue weighted by atomic mass is 16.6. The molecule has 8 rings (SSSR count). The second kappa shape index (κ2) is 17.2. The van der Waals surface area contributed by atoms with Crippen LogP contribution in [-0.4, -0.2) is 85.0 Å². The van der Waals surface area contributed by atoms with Crippen molar-refractivity contribution in [1.82, 2.24) is 15.2 Å². The smallest absolute Gasteiger partial charge is 0.421 e. The lowest BCUT2D eigenvalue weighted by Gasteiger charge is -2.46. The van der Waals surface area contributed by atoms with Gasteiger partial charge in [0.1, 0.15) is 36.5 Å². The molecule has 4 aromatic carbocycles. The highest BCUT2D eigenvalue weighted by Gasteiger charge is 2.76. The molecule has 1 aromatic heterocycles. The number of morpholine rings is 1. The van der Waals surface area contributed by atoms with Gasteiger partial charge in [-0.2, -0.15) is 0 Å². The molecular formula is C46H44N4O9. The third kappa shape index (κ3) is 7.00. The summed E-state index contributed by atoms with van der Waals surface area (Å²) < 4.78 is 23.4. The number of aliphatic hydroxyl groups excluding tert-OH is 1. The molecule has 5 aromatic rings. The molecule has 0 bridgehead atoms. The first-order valence-corrected chi connectivity index (χ1v) is 19.6. The largest absolute Gasteiger partial charge is 0.491 e. The van der Waals surface area contributed by atoms with Crippen LogP contribution in [0.3, 0.4) is 0 Å². The van der Waals surface area contributed by atoms with Gasteiger partial charge in [-0.3, -0.25) is 24.3 Å². The van der Waals surface area contributed by atoms with Crippen LogP contribution in [0.4, 0.5) is 10.5 Å². The Kier molecular flexibility index (Phi) is 11.5. The number of fused-ring (bicyclic) bond motifs is 3. The van der Waals surface area contributed by atoms with Crippen molar-refractivity contribution in [2.75, 3.05) is 45.0 Å². The summed E-state index contributed by atoms with van der Waals surface area (Å²) in [5, 5.41) is 13.0. The number of nitrogens with zero attached hydrogens (tertiary/aromatic N) is 3. The van der Waals surface area contributed by atoms with Gasteiger partial charge in [-0.1, -0.05) is 103 Å². The number of ether oxygens (including phenoxy) is 4. The third-order valence-electron chi connectivity index (χ3n) is 11.3. The number of cyclic esters (lactones) is 1. The SMILES string of the molecule is COCCOC(=O)N1C(=O)[C@@]2(c3ccccc31)[C@H](c1ccccc1OCCO)N1[C@H](c3ccccc3)[C@H](c3ccccc3)OC(=O)[C@H]1[C@@H]2C(=O)NCCc1ccccn1. The van der Waals surface area contributed by atoms with Crippen molar-refractivity contribution in [2.45, 2.75) is 36.1 Å². The van der Waals surface area contributed by atoms with Crippen molar-refractivity contribution in [1.29, 1.82) is 0 Å². The summed E-state index contributed by atoms with van der Waals surface area (Å²) in [5.41, 5.74) is 1.29. The monoisotopic (exact) mass is 796 g/mol. The Morgan fingerprint density at radius 3 is 2.24 bits per heavy atom. The maximum absolute atomic E-state index is 16.0. The number of carbonyl (C=O) groups excluding carboxylic acids is 4. The summed E-state index contributed by atoms with van der Waals surface area (Å²) in [6.45, 7) is -0.282. The number of carbonyl (C=O) groups is 4. The number of aromatic nitrogens is 1. The van der Waals surface area contributed by atoms with E-state index < -0.39 is 59.4 Å². The van der Waals surface area contributed by atoms with Crippen molar-refractivity contribution in [3.05, 3.63) is 162 Å². The van der Waals surface area contributed by atoms with Crippen LogP contribution in [0.25, 0.3) is 0 Å². The molecule has 1 spiro atoms. The zero-order valence-corrected chi connectivity index (χ0v) is 32.4. The molecule has 2 saturated heterocycles. The number of hydrogen-bond acceptors (Lipinski definition) is 11. The van der Waals surface area contributed by atoms with Gasteiger partial charge in [0.15, 0.2) is 0 Å². The molecule has 0 saturated carbocycles. The Morgan fingerprint density at radius 2 is 1.51 bits per heavy atom. The lowest BCUT2D eigenvalue weighted by molar-refractivity contribution is -0.178. The molecule has 2 fully saturated rings. The van der Waals surface area contributed by atoms with Gasteiger partial charge >= 0.3 is 12.1 Å². The lowest BCUT2D eigenvalue weighted by Crippen LogP contribution is -2.56. The fraction of sp³-hybridized carbons (Fsp3) is 0.283. The number of anilines is 1. The van der Waals surface area contributed by atoms with Gasteiger partial charge in [0, 0.05) is 37.5 Å². The van der Waals surface area contributed by atoms with E-state index in [1.165, 1.54) is 7.11 Å². The highest BCUT2D eigenvalue weighted by molar-refractivity contribution is 6.23. The molecule has 13 heteroatoms. The van der Waals surface area contributed by atoms with Crippen molar-refractivity contribution in [3.8, 4) is 5.75 Å². The predicted molar refractivity (Wildman–Crippen MR) is 215 cm³/mol. The number of methoxy groups -OCH3 is 1. The number of aliphatic hydroxyl groups is 1. The van der Waals surface area contributed by atoms with Crippen molar-refractivity contribution < 1.29 is 43.2 Å². The number of esters is 1. The average molecular weight is 797 g/mol. The van der Waals surface area contributed by atoms with Crippen LogP contribution in [0.15, 0.2) is 134 Å². The Bertz CT molecular complexity index is 2300. The van der Waals surface area contributed by atoms with Crippen molar-refractivity contribution >= 4 is 29.6 Å². The van der Waals surface area contributed by atoms with Gasteiger partial charge < -0.3 is 29.4 Å². The third-order valence-corrected chi connectivity index (χ3v) is 11.3. The maximum Gasteiger partial charge on any atom is 0.421 e. The average Bonchev–Trinajstić information content (AvgIpc) is 3.73. The Balaban J connectivity index is 1.40. The summed E-state index contributed by atoms with van der Waals surface area (Å²) in [7, 11) is 1.47. The first-order chi connectivity index (χ1) is 28.9. The second-order valence-corrected chi connectivity index (χ2v) is 14.5. The number of benzene rings is 4. The van der Waals surface area contributed by atoms with Crippen molar-refractivity contribution in [2.24, 2.45) is 5.92 Å². The summed E-state index contributed by atoms with van der Waals surface area (Å²) in [6, 6.07) is 35.0. The molecular weight excluding hydrogens is 753 g/mol. The van der Waals surface area contributed by atoms with E-state index in [9.17, 15) is 9.90 Å². The minimum Gasteiger partial charge on any atom is -0.491 e. The van der Waals surface area contributed by atoms with Crippen LogP contribution in [0.2, 0.25) is 0 Å². The molecule has 0 unspecified atom stereocenters. The molecule has 0 radical (unpaired) electrons. The molecule has 3 aliphatic heterocycles. The van der Waals surface area contributed by atoms with E-state index in [4.69, 9.17) is 18.9 Å². The van der Waals surface area contributed by atoms with Crippen LogP contribution in [-0.2, 0) is 40.4 Å². The number of hydrogen-bond donors (Lipinski definition) is 2. The number of rotatable bonds is 13. The molecule has 13 nitrogen and oxygen atoms in total. The topological polar surface area (TPSA) is 157 Å². The minimum atomic E-state index is -1.95. The molecule has 2 N–H and O–H groups in total. The van der Waals surface area contributed by atoms with E-state index in [1.54, 1.807) is 60.8 Å². The molecule has 4 heterocycles. The quantitative estimate of drug-likeness (QED) is 0.118. The van der Waals surface area contributed by atoms with Gasteiger partial charge in [-0.15, -0.1) is 0 Å². The van der Waals surface area contributed by atoms with E-state index in [-0.39, 0.29) is 38.7 Å². The summed E-state index contributed by atoms with van der Waals surface area (Å²) in [5.74, 6) is -3.18. The Labute approximate surface area is 341 Å². The Hall–Kier alpha value is -6.41. The van der Waals surface area contributed by atoms with Crippen LogP contribution in [0.1, 0.15) is 46.1 Å². The lowest BCUT2D eigenvalue weighted by atomic mass is 9.65. The van der Waals surface area contributed by atoms with Crippen LogP contribution in [0, 0.1) is 5.92 Å². The maximum atomic E-state index is 16.0. The zero-order chi connectivity index (χ0) is 40.9. The van der Waals surface area contributed by atoms with Crippen LogP contribution >= 0.6 is 0 Å². The van der Waals surface area contributed by atoms with Gasteiger partial charge in [0.25, 0.3) is 0 Å². The van der Waals surface area contributed by atoms with Crippen LogP contribution < -0.4 is 15.0 Å².